The number of hydrogen-bond acceptors (Lipinski definition) is 5. The van der Waals surface area contributed by atoms with Crippen molar-refractivity contribution >= 4 is 34.3 Å². The fraction of sp³-hybridized carbons (Fsp3) is 0.500. The molecule has 2 rings (SSSR count). The zero-order valence-corrected chi connectivity index (χ0v) is 13.6. The summed E-state index contributed by atoms with van der Waals surface area (Å²) in [6.07, 6.45) is 3.34. The first-order valence-corrected chi connectivity index (χ1v) is 6.71. The number of carbonyl (C=O) groups is 1. The molecule has 0 bridgehead atoms. The van der Waals surface area contributed by atoms with Gasteiger partial charge >= 0.3 is 5.97 Å². The summed E-state index contributed by atoms with van der Waals surface area (Å²) in [5, 5.41) is 11.2. The number of rotatable bonds is 4. The monoisotopic (exact) mass is 358 g/mol. The molecular weight excluding hydrogens is 340 g/mol. The Labute approximate surface area is 134 Å². The van der Waals surface area contributed by atoms with Crippen LogP contribution in [-0.4, -0.2) is 31.1 Å². The zero-order valence-electron chi connectivity index (χ0n) is 11.9. The molecule has 0 N–H and O–H groups in total. The van der Waals surface area contributed by atoms with Gasteiger partial charge in [0.2, 0.25) is 0 Å². The molecule has 0 atom stereocenters. The average Bonchev–Trinajstić information content (AvgIpc) is 2.48. The van der Waals surface area contributed by atoms with Crippen LogP contribution in [-0.2, 0) is 16.0 Å². The number of hydrogen-bond donors (Lipinski definition) is 0. The van der Waals surface area contributed by atoms with Crippen LogP contribution >= 0.6 is 17.0 Å². The van der Waals surface area contributed by atoms with E-state index in [4.69, 9.17) is 0 Å². The molecule has 0 amide bonds. The number of halogens is 1. The summed E-state index contributed by atoms with van der Waals surface area (Å²) >= 11 is 0. The summed E-state index contributed by atoms with van der Waals surface area (Å²) in [4.78, 5) is 24.1. The van der Waals surface area contributed by atoms with Crippen LogP contribution in [0.4, 0.5) is 11.4 Å². The van der Waals surface area contributed by atoms with Crippen LogP contribution in [0.15, 0.2) is 18.2 Å². The highest BCUT2D eigenvalue weighted by molar-refractivity contribution is 8.93. The Morgan fingerprint density at radius 3 is 2.57 bits per heavy atom. The predicted octanol–water partition coefficient (Wildman–Crippen LogP) is 2.88. The Bertz CT molecular complexity index is 516. The van der Waals surface area contributed by atoms with Crippen molar-refractivity contribution in [1.29, 1.82) is 0 Å². The Morgan fingerprint density at radius 1 is 1.33 bits per heavy atom. The molecule has 0 unspecified atom stereocenters. The topological polar surface area (TPSA) is 72.7 Å². The van der Waals surface area contributed by atoms with Crippen LogP contribution in [0.5, 0.6) is 0 Å². The Morgan fingerprint density at radius 2 is 2.00 bits per heavy atom. The predicted molar refractivity (Wildman–Crippen MR) is 85.2 cm³/mol. The van der Waals surface area contributed by atoms with E-state index in [0.717, 1.165) is 25.9 Å². The van der Waals surface area contributed by atoms with Crippen LogP contribution < -0.4 is 4.90 Å². The average molecular weight is 359 g/mol. The number of carbonyl (C=O) groups excluding carboxylic acids is 1. The molecule has 116 valence electrons. The number of anilines is 1. The molecule has 6 nitrogen and oxygen atoms in total. The number of nitro benzene ring substituents is 1. The Hall–Kier alpha value is -1.63. The molecule has 1 fully saturated rings. The molecule has 21 heavy (non-hydrogen) atoms. The molecule has 0 saturated carbocycles. The number of ether oxygens (including phenoxy) is 1. The van der Waals surface area contributed by atoms with Crippen molar-refractivity contribution in [3.8, 4) is 0 Å². The lowest BCUT2D eigenvalue weighted by atomic mass is 10.1. The van der Waals surface area contributed by atoms with Crippen LogP contribution in [0.3, 0.4) is 0 Å². The molecule has 0 aromatic heterocycles. The third kappa shape index (κ3) is 4.42. The summed E-state index contributed by atoms with van der Waals surface area (Å²) in [5.41, 5.74) is 1.31. The van der Waals surface area contributed by atoms with E-state index in [-0.39, 0.29) is 34.0 Å². The first-order chi connectivity index (χ1) is 9.61. The first-order valence-electron chi connectivity index (χ1n) is 6.71. The van der Waals surface area contributed by atoms with E-state index < -0.39 is 5.97 Å². The van der Waals surface area contributed by atoms with Gasteiger partial charge in [0.15, 0.2) is 0 Å². The fourth-order valence-corrected chi connectivity index (χ4v) is 2.47. The second-order valence-electron chi connectivity index (χ2n) is 4.88. The maximum Gasteiger partial charge on any atom is 0.309 e. The van der Waals surface area contributed by atoms with Gasteiger partial charge in [-0.2, -0.15) is 0 Å². The molecule has 1 aliphatic rings. The normalized spacial score (nSPS) is 14.2. The van der Waals surface area contributed by atoms with Gasteiger partial charge in [-0.15, -0.1) is 17.0 Å². The number of esters is 1. The molecule has 1 aliphatic heterocycles. The number of nitrogens with zero attached hydrogens (tertiary/aromatic N) is 2. The maximum absolute atomic E-state index is 11.2. The van der Waals surface area contributed by atoms with Crippen molar-refractivity contribution in [2.75, 3.05) is 25.1 Å². The van der Waals surface area contributed by atoms with Gasteiger partial charge < -0.3 is 9.64 Å². The van der Waals surface area contributed by atoms with E-state index in [1.807, 2.05) is 4.90 Å². The van der Waals surface area contributed by atoms with Crippen LogP contribution in [0.1, 0.15) is 24.8 Å². The van der Waals surface area contributed by atoms with Gasteiger partial charge in [-0.1, -0.05) is 6.07 Å². The quantitative estimate of drug-likeness (QED) is 0.470. The molecule has 1 aromatic carbocycles. The van der Waals surface area contributed by atoms with E-state index in [0.29, 0.717) is 11.3 Å². The van der Waals surface area contributed by atoms with E-state index in [1.165, 1.54) is 19.6 Å². The second-order valence-corrected chi connectivity index (χ2v) is 4.88. The molecule has 1 saturated heterocycles. The van der Waals surface area contributed by atoms with Gasteiger partial charge in [0.1, 0.15) is 5.69 Å². The minimum absolute atomic E-state index is 0. The van der Waals surface area contributed by atoms with Gasteiger partial charge in [0, 0.05) is 19.2 Å². The number of benzene rings is 1. The number of nitro groups is 1. The van der Waals surface area contributed by atoms with Crippen molar-refractivity contribution in [1.82, 2.24) is 0 Å². The second kappa shape index (κ2) is 7.97. The summed E-state index contributed by atoms with van der Waals surface area (Å²) in [6.45, 7) is 1.69. The van der Waals surface area contributed by atoms with E-state index in [9.17, 15) is 14.9 Å². The third-order valence-electron chi connectivity index (χ3n) is 3.51. The third-order valence-corrected chi connectivity index (χ3v) is 3.51. The number of methoxy groups -OCH3 is 1. The van der Waals surface area contributed by atoms with E-state index in [1.54, 1.807) is 12.1 Å². The standard InChI is InChI=1S/C14H18N2O4.BrH/c1-20-14(17)10-11-5-6-12(13(9-11)16(18)19)15-7-3-2-4-8-15;/h5-6,9H,2-4,7-8,10H2,1H3;1H. The molecule has 1 heterocycles. The van der Waals surface area contributed by atoms with Crippen molar-refractivity contribution < 1.29 is 14.5 Å². The minimum Gasteiger partial charge on any atom is -0.469 e. The van der Waals surface area contributed by atoms with Crippen molar-refractivity contribution in [3.05, 3.63) is 33.9 Å². The van der Waals surface area contributed by atoms with Gasteiger partial charge in [0.25, 0.3) is 5.69 Å². The Kier molecular flexibility index (Phi) is 6.61. The first kappa shape index (κ1) is 17.4. The highest BCUT2D eigenvalue weighted by Gasteiger charge is 2.22. The SMILES string of the molecule is Br.COC(=O)Cc1ccc(N2CCCCC2)c([N+](=O)[O-])c1. The van der Waals surface area contributed by atoms with Crippen molar-refractivity contribution in [2.24, 2.45) is 0 Å². The highest BCUT2D eigenvalue weighted by Crippen LogP contribution is 2.31. The van der Waals surface area contributed by atoms with E-state index >= 15 is 0 Å². The minimum atomic E-state index is -0.398. The fourth-order valence-electron chi connectivity index (χ4n) is 2.47. The highest BCUT2D eigenvalue weighted by atomic mass is 79.9. The summed E-state index contributed by atoms with van der Waals surface area (Å²) in [5.74, 6) is -0.398. The van der Waals surface area contributed by atoms with Gasteiger partial charge in [-0.25, -0.2) is 0 Å². The Balaban J connectivity index is 0.00000220. The molecule has 0 aliphatic carbocycles. The number of piperidine rings is 1. The molecule has 0 spiro atoms. The van der Waals surface area contributed by atoms with Gasteiger partial charge in [-0.05, 0) is 30.9 Å². The summed E-state index contributed by atoms with van der Waals surface area (Å²) in [7, 11) is 1.30. The van der Waals surface area contributed by atoms with Crippen molar-refractivity contribution in [3.63, 3.8) is 0 Å². The molecular formula is C14H19BrN2O4. The van der Waals surface area contributed by atoms with Crippen LogP contribution in [0.25, 0.3) is 0 Å². The largest absolute Gasteiger partial charge is 0.469 e. The summed E-state index contributed by atoms with van der Waals surface area (Å²) in [6, 6.07) is 4.97. The van der Waals surface area contributed by atoms with Crippen LogP contribution in [0.2, 0.25) is 0 Å². The maximum atomic E-state index is 11.2. The molecule has 0 radical (unpaired) electrons. The zero-order chi connectivity index (χ0) is 14.5. The summed E-state index contributed by atoms with van der Waals surface area (Å²) < 4.78 is 4.58. The molecule has 1 aromatic rings. The lowest BCUT2D eigenvalue weighted by Gasteiger charge is -2.28. The van der Waals surface area contributed by atoms with Gasteiger partial charge in [0.05, 0.1) is 18.5 Å². The lowest BCUT2D eigenvalue weighted by Crippen LogP contribution is -2.30. The molecule has 7 heteroatoms. The van der Waals surface area contributed by atoms with Gasteiger partial charge in [-0.3, -0.25) is 14.9 Å². The van der Waals surface area contributed by atoms with E-state index in [2.05, 4.69) is 4.74 Å². The van der Waals surface area contributed by atoms with Crippen LogP contribution in [0, 0.1) is 10.1 Å². The lowest BCUT2D eigenvalue weighted by molar-refractivity contribution is -0.384. The van der Waals surface area contributed by atoms with Crippen molar-refractivity contribution in [2.45, 2.75) is 25.7 Å². The smallest absolute Gasteiger partial charge is 0.309 e.